The molecule has 0 spiro atoms. The highest BCUT2D eigenvalue weighted by Gasteiger charge is 2.43. The van der Waals surface area contributed by atoms with Crippen molar-refractivity contribution in [2.24, 2.45) is 0 Å². The fourth-order valence-corrected chi connectivity index (χ4v) is 3.27. The number of para-hydroxylation sites is 1. The summed E-state index contributed by atoms with van der Waals surface area (Å²) in [5, 5.41) is 11.0. The molecule has 19 heavy (non-hydrogen) atoms. The molecule has 1 saturated carbocycles. The van der Waals surface area contributed by atoms with Crippen molar-refractivity contribution in [2.75, 3.05) is 6.61 Å². The number of nitro groups is 1. The summed E-state index contributed by atoms with van der Waals surface area (Å²) in [4.78, 5) is 10.8. The van der Waals surface area contributed by atoms with Crippen LogP contribution in [0.5, 0.6) is 5.75 Å². The Bertz CT molecular complexity index is 483. The number of benzene rings is 1. The van der Waals surface area contributed by atoms with Crippen LogP contribution in [0.1, 0.15) is 13.3 Å². The molecule has 2 rings (SSSR count). The lowest BCUT2D eigenvalue weighted by Crippen LogP contribution is -2.52. The number of rotatable bonds is 5. The molecule has 104 valence electrons. The number of alkyl halides is 1. The number of hydrogen-bond donors (Lipinski definition) is 0. The van der Waals surface area contributed by atoms with Gasteiger partial charge in [0.1, 0.15) is 12.2 Å². The Morgan fingerprint density at radius 1 is 1.53 bits per heavy atom. The summed E-state index contributed by atoms with van der Waals surface area (Å²) in [7, 11) is 0. The first-order chi connectivity index (χ1) is 9.04. The zero-order valence-corrected chi connectivity index (χ0v) is 13.4. The Balaban J connectivity index is 2.17. The van der Waals surface area contributed by atoms with Crippen LogP contribution in [-0.4, -0.2) is 28.6 Å². The quantitative estimate of drug-likeness (QED) is 0.434. The molecule has 0 radical (unpaired) electrons. The van der Waals surface area contributed by atoms with Gasteiger partial charge in [-0.2, -0.15) is 0 Å². The van der Waals surface area contributed by atoms with Gasteiger partial charge in [0.25, 0.3) is 0 Å². The van der Waals surface area contributed by atoms with Crippen LogP contribution in [0.4, 0.5) is 5.69 Å². The third-order valence-electron chi connectivity index (χ3n) is 2.95. The Hall–Kier alpha value is -0.660. The summed E-state index contributed by atoms with van der Waals surface area (Å²) >= 11 is 6.79. The lowest BCUT2D eigenvalue weighted by molar-refractivity contribution is -0.386. The molecule has 1 aromatic rings. The van der Waals surface area contributed by atoms with Crippen molar-refractivity contribution >= 4 is 37.5 Å². The van der Waals surface area contributed by atoms with Gasteiger partial charge >= 0.3 is 5.69 Å². The van der Waals surface area contributed by atoms with Gasteiger partial charge < -0.3 is 9.47 Å². The second-order valence-electron chi connectivity index (χ2n) is 4.17. The number of nitrogens with zero attached hydrogens (tertiary/aromatic N) is 1. The first-order valence-electron chi connectivity index (χ1n) is 5.89. The van der Waals surface area contributed by atoms with E-state index in [9.17, 15) is 10.1 Å². The number of ether oxygens (including phenoxy) is 2. The highest BCUT2D eigenvalue weighted by molar-refractivity contribution is 9.10. The zero-order chi connectivity index (χ0) is 14.0. The minimum Gasteiger partial charge on any atom is -0.480 e. The molecule has 0 amide bonds. The smallest absolute Gasteiger partial charge is 0.312 e. The first-order valence-corrected chi connectivity index (χ1v) is 7.60. The molecular weight excluding hydrogens is 382 g/mol. The maximum absolute atomic E-state index is 11.0. The molecule has 0 N–H and O–H groups in total. The molecule has 0 bridgehead atoms. The van der Waals surface area contributed by atoms with E-state index in [1.165, 1.54) is 6.07 Å². The number of halogens is 2. The Labute approximate surface area is 127 Å². The molecular formula is C12H13Br2NO4. The minimum absolute atomic E-state index is 0.0392. The molecule has 3 unspecified atom stereocenters. The van der Waals surface area contributed by atoms with Crippen molar-refractivity contribution in [1.29, 1.82) is 0 Å². The van der Waals surface area contributed by atoms with Gasteiger partial charge in [0, 0.05) is 23.9 Å². The highest BCUT2D eigenvalue weighted by Crippen LogP contribution is 2.40. The molecule has 3 atom stereocenters. The largest absolute Gasteiger partial charge is 0.480 e. The second-order valence-corrected chi connectivity index (χ2v) is 6.20. The van der Waals surface area contributed by atoms with E-state index in [2.05, 4.69) is 31.9 Å². The topological polar surface area (TPSA) is 61.6 Å². The van der Waals surface area contributed by atoms with E-state index in [4.69, 9.17) is 9.47 Å². The third kappa shape index (κ3) is 3.09. The van der Waals surface area contributed by atoms with Crippen LogP contribution < -0.4 is 4.74 Å². The minimum atomic E-state index is -0.444. The molecule has 0 saturated heterocycles. The molecule has 0 heterocycles. The van der Waals surface area contributed by atoms with Crippen LogP contribution in [0.2, 0.25) is 0 Å². The zero-order valence-electron chi connectivity index (χ0n) is 10.2. The standard InChI is InChI=1S/C12H13Br2NO4/c1-2-18-12-8(14)6-10(12)19-11-7(13)4-3-5-9(11)15(16)17/h3-5,8,10,12H,2,6H2,1H3. The van der Waals surface area contributed by atoms with Crippen molar-refractivity contribution in [3.63, 3.8) is 0 Å². The summed E-state index contributed by atoms with van der Waals surface area (Å²) < 4.78 is 11.9. The van der Waals surface area contributed by atoms with E-state index < -0.39 is 4.92 Å². The van der Waals surface area contributed by atoms with Gasteiger partial charge in [-0.3, -0.25) is 10.1 Å². The van der Waals surface area contributed by atoms with E-state index >= 15 is 0 Å². The van der Waals surface area contributed by atoms with Crippen LogP contribution in [0.25, 0.3) is 0 Å². The SMILES string of the molecule is CCOC1C(Br)CC1Oc1c(Br)cccc1[N+](=O)[O-]. The lowest BCUT2D eigenvalue weighted by Gasteiger charge is -2.40. The Morgan fingerprint density at radius 2 is 2.26 bits per heavy atom. The summed E-state index contributed by atoms with van der Waals surface area (Å²) in [6, 6.07) is 4.77. The van der Waals surface area contributed by atoms with Crippen molar-refractivity contribution in [3.8, 4) is 5.75 Å². The van der Waals surface area contributed by atoms with Crippen molar-refractivity contribution in [2.45, 2.75) is 30.4 Å². The Kier molecular flexibility index (Phi) is 4.81. The van der Waals surface area contributed by atoms with Crippen molar-refractivity contribution in [3.05, 3.63) is 32.8 Å². The fourth-order valence-electron chi connectivity index (χ4n) is 1.96. The van der Waals surface area contributed by atoms with Gasteiger partial charge in [-0.1, -0.05) is 22.0 Å². The molecule has 1 aliphatic rings. The summed E-state index contributed by atoms with van der Waals surface area (Å²) in [5.41, 5.74) is -0.0392. The molecule has 7 heteroatoms. The van der Waals surface area contributed by atoms with Crippen LogP contribution in [0, 0.1) is 10.1 Å². The van der Waals surface area contributed by atoms with Crippen molar-refractivity contribution in [1.82, 2.24) is 0 Å². The maximum atomic E-state index is 11.0. The highest BCUT2D eigenvalue weighted by atomic mass is 79.9. The van der Waals surface area contributed by atoms with E-state index in [0.717, 1.165) is 6.42 Å². The number of hydrogen-bond acceptors (Lipinski definition) is 4. The second kappa shape index (κ2) is 6.19. The third-order valence-corrected chi connectivity index (χ3v) is 4.47. The van der Waals surface area contributed by atoms with E-state index in [0.29, 0.717) is 11.1 Å². The lowest BCUT2D eigenvalue weighted by atomic mass is 9.91. The fraction of sp³-hybridized carbons (Fsp3) is 0.500. The predicted octanol–water partition coefficient (Wildman–Crippen LogP) is 3.68. The molecule has 0 aliphatic heterocycles. The molecule has 0 aromatic heterocycles. The predicted molar refractivity (Wildman–Crippen MR) is 78.0 cm³/mol. The first kappa shape index (κ1) is 14.7. The van der Waals surface area contributed by atoms with Crippen LogP contribution in [0.15, 0.2) is 22.7 Å². The summed E-state index contributed by atoms with van der Waals surface area (Å²) in [6.07, 6.45) is 0.529. The maximum Gasteiger partial charge on any atom is 0.312 e. The molecule has 1 fully saturated rings. The van der Waals surface area contributed by atoms with Gasteiger partial charge in [-0.05, 0) is 28.9 Å². The average Bonchev–Trinajstić information content (AvgIpc) is 2.37. The van der Waals surface area contributed by atoms with E-state index in [1.807, 2.05) is 6.92 Å². The monoisotopic (exact) mass is 393 g/mol. The van der Waals surface area contributed by atoms with Gasteiger partial charge in [0.2, 0.25) is 5.75 Å². The molecule has 5 nitrogen and oxygen atoms in total. The van der Waals surface area contributed by atoms with Crippen molar-refractivity contribution < 1.29 is 14.4 Å². The molecule has 1 aromatic carbocycles. The Morgan fingerprint density at radius 3 is 2.84 bits per heavy atom. The van der Waals surface area contributed by atoms with E-state index in [1.54, 1.807) is 12.1 Å². The molecule has 1 aliphatic carbocycles. The van der Waals surface area contributed by atoms with Gasteiger partial charge in [-0.15, -0.1) is 0 Å². The van der Waals surface area contributed by atoms with E-state index in [-0.39, 0.29) is 28.5 Å². The van der Waals surface area contributed by atoms with Gasteiger partial charge in [-0.25, -0.2) is 0 Å². The number of nitro benzene ring substituents is 1. The normalized spacial score (nSPS) is 25.7. The van der Waals surface area contributed by atoms with Crippen LogP contribution in [-0.2, 0) is 4.74 Å². The van der Waals surface area contributed by atoms with Crippen LogP contribution in [0.3, 0.4) is 0 Å². The summed E-state index contributed by atoms with van der Waals surface area (Å²) in [5.74, 6) is 0.265. The van der Waals surface area contributed by atoms with Crippen LogP contribution >= 0.6 is 31.9 Å². The van der Waals surface area contributed by atoms with Gasteiger partial charge in [0.05, 0.1) is 9.40 Å². The summed E-state index contributed by atoms with van der Waals surface area (Å²) in [6.45, 7) is 2.50. The average molecular weight is 395 g/mol. The van der Waals surface area contributed by atoms with Gasteiger partial charge in [0.15, 0.2) is 0 Å².